The number of urea groups is 1. The van der Waals surface area contributed by atoms with Crippen molar-refractivity contribution in [3.05, 3.63) is 42.5 Å². The molecule has 0 spiro atoms. The molecule has 7 heteroatoms. The van der Waals surface area contributed by atoms with E-state index in [0.29, 0.717) is 37.8 Å². The smallest absolute Gasteiger partial charge is 0.322 e. The molecule has 1 aliphatic carbocycles. The number of para-hydroxylation sites is 2. The summed E-state index contributed by atoms with van der Waals surface area (Å²) in [6, 6.07) is 7.14. The van der Waals surface area contributed by atoms with Gasteiger partial charge in [-0.2, -0.15) is 0 Å². The molecule has 130 valence electrons. The first-order chi connectivity index (χ1) is 12.2. The number of nitrogens with one attached hydrogen (secondary N) is 1. The van der Waals surface area contributed by atoms with E-state index in [1.54, 1.807) is 29.4 Å². The first kappa shape index (κ1) is 15.7. The van der Waals surface area contributed by atoms with Crippen LogP contribution in [0.2, 0.25) is 0 Å². The number of nitrogens with zero attached hydrogens (tertiary/aromatic N) is 4. The van der Waals surface area contributed by atoms with Crippen molar-refractivity contribution in [2.75, 3.05) is 36.4 Å². The number of amides is 2. The minimum atomic E-state index is -0.139. The Kier molecular flexibility index (Phi) is 4.13. The lowest BCUT2D eigenvalue weighted by Crippen LogP contribution is -2.50. The first-order valence-corrected chi connectivity index (χ1v) is 8.61. The van der Waals surface area contributed by atoms with Crippen LogP contribution in [-0.2, 0) is 0 Å². The molecule has 0 radical (unpaired) electrons. The van der Waals surface area contributed by atoms with Crippen LogP contribution in [0.4, 0.5) is 16.2 Å². The molecule has 2 aromatic rings. The van der Waals surface area contributed by atoms with Crippen LogP contribution in [0.3, 0.4) is 0 Å². The predicted molar refractivity (Wildman–Crippen MR) is 94.9 cm³/mol. The number of hydrogen-bond donors (Lipinski definition) is 2. The minimum Gasteiger partial charge on any atom is -0.506 e. The second kappa shape index (κ2) is 6.58. The number of anilines is 2. The van der Waals surface area contributed by atoms with E-state index in [2.05, 4.69) is 20.2 Å². The van der Waals surface area contributed by atoms with Crippen molar-refractivity contribution in [2.45, 2.75) is 18.8 Å². The fourth-order valence-electron chi connectivity index (χ4n) is 3.04. The molecule has 2 aliphatic rings. The highest BCUT2D eigenvalue weighted by Crippen LogP contribution is 2.37. The average Bonchev–Trinajstić information content (AvgIpc) is 3.48. The Morgan fingerprint density at radius 2 is 1.76 bits per heavy atom. The molecule has 0 atom stereocenters. The molecule has 2 fully saturated rings. The van der Waals surface area contributed by atoms with Crippen molar-refractivity contribution in [3.8, 4) is 5.75 Å². The Hall–Kier alpha value is -2.83. The van der Waals surface area contributed by atoms with Gasteiger partial charge in [-0.05, 0) is 25.0 Å². The van der Waals surface area contributed by atoms with E-state index >= 15 is 0 Å². The number of aromatic nitrogens is 2. The number of piperazine rings is 1. The predicted octanol–water partition coefficient (Wildman–Crippen LogP) is 2.41. The minimum absolute atomic E-state index is 0.139. The van der Waals surface area contributed by atoms with Gasteiger partial charge in [0.05, 0.1) is 23.8 Å². The van der Waals surface area contributed by atoms with Crippen LogP contribution >= 0.6 is 0 Å². The van der Waals surface area contributed by atoms with Gasteiger partial charge < -0.3 is 20.2 Å². The summed E-state index contributed by atoms with van der Waals surface area (Å²) < 4.78 is 0. The van der Waals surface area contributed by atoms with E-state index in [4.69, 9.17) is 0 Å². The molecule has 1 saturated heterocycles. The van der Waals surface area contributed by atoms with Gasteiger partial charge in [0.1, 0.15) is 11.6 Å². The average molecular weight is 339 g/mol. The van der Waals surface area contributed by atoms with Crippen LogP contribution in [0.25, 0.3) is 0 Å². The number of rotatable bonds is 3. The van der Waals surface area contributed by atoms with Gasteiger partial charge in [0, 0.05) is 32.1 Å². The van der Waals surface area contributed by atoms with E-state index in [-0.39, 0.29) is 11.8 Å². The Morgan fingerprint density at radius 1 is 1.08 bits per heavy atom. The first-order valence-electron chi connectivity index (χ1n) is 8.61. The molecule has 0 bridgehead atoms. The summed E-state index contributed by atoms with van der Waals surface area (Å²) in [5.74, 6) is 1.65. The number of carbonyl (C=O) groups is 1. The number of aromatic hydroxyl groups is 1. The summed E-state index contributed by atoms with van der Waals surface area (Å²) in [6.45, 7) is 2.56. The van der Waals surface area contributed by atoms with Crippen LogP contribution in [0.1, 0.15) is 24.6 Å². The SMILES string of the molecule is O=C(Nc1cnc(C2CC2)nc1)N1CCN(c2ccccc2O)CC1. The number of phenolic OH excluding ortho intramolecular Hbond substituents is 1. The Morgan fingerprint density at radius 3 is 2.40 bits per heavy atom. The van der Waals surface area contributed by atoms with Gasteiger partial charge in [-0.25, -0.2) is 14.8 Å². The molecule has 2 heterocycles. The van der Waals surface area contributed by atoms with E-state index in [1.165, 1.54) is 0 Å². The molecule has 2 amide bonds. The van der Waals surface area contributed by atoms with Crippen molar-refractivity contribution in [1.82, 2.24) is 14.9 Å². The summed E-state index contributed by atoms with van der Waals surface area (Å²) in [5, 5.41) is 12.8. The van der Waals surface area contributed by atoms with Crippen molar-refractivity contribution in [1.29, 1.82) is 0 Å². The molecule has 0 unspecified atom stereocenters. The lowest BCUT2D eigenvalue weighted by Gasteiger charge is -2.36. The normalized spacial score (nSPS) is 17.4. The van der Waals surface area contributed by atoms with Crippen molar-refractivity contribution >= 4 is 17.4 Å². The van der Waals surface area contributed by atoms with Crippen LogP contribution in [0.15, 0.2) is 36.7 Å². The van der Waals surface area contributed by atoms with Gasteiger partial charge in [0.2, 0.25) is 0 Å². The Balaban J connectivity index is 1.32. The Bertz CT molecular complexity index is 752. The van der Waals surface area contributed by atoms with Gasteiger partial charge in [-0.3, -0.25) is 0 Å². The highest BCUT2D eigenvalue weighted by molar-refractivity contribution is 5.89. The molecular weight excluding hydrogens is 318 g/mol. The molecule has 1 aliphatic heterocycles. The maximum Gasteiger partial charge on any atom is 0.322 e. The van der Waals surface area contributed by atoms with Crippen LogP contribution in [0, 0.1) is 0 Å². The molecule has 1 aromatic carbocycles. The summed E-state index contributed by atoms with van der Waals surface area (Å²) in [5.41, 5.74) is 1.43. The maximum atomic E-state index is 12.4. The Labute approximate surface area is 146 Å². The standard InChI is InChI=1S/C18H21N5O2/c24-16-4-2-1-3-15(16)22-7-9-23(10-8-22)18(25)21-14-11-19-17(20-12-14)13-5-6-13/h1-4,11-13,24H,5-10H2,(H,21,25). The number of carbonyl (C=O) groups excluding carboxylic acids is 1. The van der Waals surface area contributed by atoms with Gasteiger partial charge in [0.15, 0.2) is 0 Å². The molecule has 1 saturated carbocycles. The van der Waals surface area contributed by atoms with Crippen molar-refractivity contribution < 1.29 is 9.90 Å². The number of hydrogen-bond acceptors (Lipinski definition) is 5. The number of phenols is 1. The monoisotopic (exact) mass is 339 g/mol. The van der Waals surface area contributed by atoms with E-state index < -0.39 is 0 Å². The fourth-order valence-corrected chi connectivity index (χ4v) is 3.04. The van der Waals surface area contributed by atoms with Gasteiger partial charge in [-0.15, -0.1) is 0 Å². The zero-order valence-electron chi connectivity index (χ0n) is 13.9. The van der Waals surface area contributed by atoms with Gasteiger partial charge in [-0.1, -0.05) is 12.1 Å². The third-order valence-electron chi connectivity index (χ3n) is 4.65. The van der Waals surface area contributed by atoms with Gasteiger partial charge >= 0.3 is 6.03 Å². The highest BCUT2D eigenvalue weighted by atomic mass is 16.3. The zero-order chi connectivity index (χ0) is 17.2. The molecule has 2 N–H and O–H groups in total. The highest BCUT2D eigenvalue weighted by Gasteiger charge is 2.26. The third kappa shape index (κ3) is 3.50. The molecule has 7 nitrogen and oxygen atoms in total. The van der Waals surface area contributed by atoms with Crippen molar-refractivity contribution in [3.63, 3.8) is 0 Å². The summed E-state index contributed by atoms with van der Waals surface area (Å²) in [7, 11) is 0. The lowest BCUT2D eigenvalue weighted by atomic mass is 10.2. The van der Waals surface area contributed by atoms with E-state index in [1.807, 2.05) is 12.1 Å². The quantitative estimate of drug-likeness (QED) is 0.897. The maximum absolute atomic E-state index is 12.4. The third-order valence-corrected chi connectivity index (χ3v) is 4.65. The van der Waals surface area contributed by atoms with Crippen LogP contribution < -0.4 is 10.2 Å². The summed E-state index contributed by atoms with van der Waals surface area (Å²) in [6.07, 6.45) is 5.67. The summed E-state index contributed by atoms with van der Waals surface area (Å²) in [4.78, 5) is 24.9. The molecule has 25 heavy (non-hydrogen) atoms. The second-order valence-electron chi connectivity index (χ2n) is 6.50. The second-order valence-corrected chi connectivity index (χ2v) is 6.50. The lowest BCUT2D eigenvalue weighted by molar-refractivity contribution is 0.208. The van der Waals surface area contributed by atoms with Crippen molar-refractivity contribution in [2.24, 2.45) is 0 Å². The van der Waals surface area contributed by atoms with E-state index in [9.17, 15) is 9.90 Å². The molecular formula is C18H21N5O2. The van der Waals surface area contributed by atoms with E-state index in [0.717, 1.165) is 24.4 Å². The fraction of sp³-hybridized carbons (Fsp3) is 0.389. The van der Waals surface area contributed by atoms with Gasteiger partial charge in [0.25, 0.3) is 0 Å². The van der Waals surface area contributed by atoms with Crippen LogP contribution in [0.5, 0.6) is 5.75 Å². The van der Waals surface area contributed by atoms with Crippen LogP contribution in [-0.4, -0.2) is 52.2 Å². The molecule has 1 aromatic heterocycles. The summed E-state index contributed by atoms with van der Waals surface area (Å²) >= 11 is 0. The number of benzene rings is 1. The topological polar surface area (TPSA) is 81.6 Å². The zero-order valence-corrected chi connectivity index (χ0v) is 13.9. The largest absolute Gasteiger partial charge is 0.506 e. The molecule has 4 rings (SSSR count).